The van der Waals surface area contributed by atoms with Crippen LogP contribution in [-0.4, -0.2) is 27.6 Å². The second kappa shape index (κ2) is 8.85. The van der Waals surface area contributed by atoms with E-state index in [0.29, 0.717) is 48.9 Å². The molecule has 8 heteroatoms. The van der Waals surface area contributed by atoms with E-state index in [9.17, 15) is 9.18 Å². The summed E-state index contributed by atoms with van der Waals surface area (Å²) in [6.07, 6.45) is 3.09. The minimum absolute atomic E-state index is 0.00871. The van der Waals surface area contributed by atoms with Gasteiger partial charge in [0.1, 0.15) is 11.6 Å². The highest BCUT2D eigenvalue weighted by Crippen LogP contribution is 2.18. The number of amides is 1. The van der Waals surface area contributed by atoms with Crippen LogP contribution in [0.3, 0.4) is 0 Å². The third-order valence-corrected chi connectivity index (χ3v) is 4.43. The van der Waals surface area contributed by atoms with Gasteiger partial charge in [-0.15, -0.1) is 0 Å². The first-order valence-corrected chi connectivity index (χ1v) is 9.36. The van der Waals surface area contributed by atoms with Crippen molar-refractivity contribution in [1.29, 1.82) is 0 Å². The van der Waals surface area contributed by atoms with Crippen molar-refractivity contribution in [2.75, 3.05) is 11.4 Å². The number of aromatic nitrogens is 3. The summed E-state index contributed by atoms with van der Waals surface area (Å²) in [5.74, 6) is 1.16. The predicted octanol–water partition coefficient (Wildman–Crippen LogP) is 4.41. The van der Waals surface area contributed by atoms with Crippen molar-refractivity contribution in [3.8, 4) is 11.4 Å². The maximum Gasteiger partial charge on any atom is 0.228 e. The number of rotatable bonds is 7. The molecule has 27 heavy (non-hydrogen) atoms. The SMILES string of the molecule is CCN(C(=O)CCCc1nc(-c2ccc(F)cc2)no1)c1ccc(Br)cn1. The standard InChI is InChI=1S/C19H18BrFN4O2/c1-2-25(16-11-8-14(20)12-22-16)18(26)5-3-4-17-23-19(24-27-17)13-6-9-15(21)10-7-13/h6-12H,2-5H2,1H3. The van der Waals surface area contributed by atoms with Crippen LogP contribution >= 0.6 is 15.9 Å². The van der Waals surface area contributed by atoms with E-state index in [1.54, 1.807) is 29.3 Å². The van der Waals surface area contributed by atoms with Gasteiger partial charge in [0.05, 0.1) is 0 Å². The summed E-state index contributed by atoms with van der Waals surface area (Å²) in [5.41, 5.74) is 0.681. The van der Waals surface area contributed by atoms with Crippen LogP contribution in [0.5, 0.6) is 0 Å². The van der Waals surface area contributed by atoms with Crippen LogP contribution in [0.1, 0.15) is 25.7 Å². The summed E-state index contributed by atoms with van der Waals surface area (Å²) >= 11 is 3.34. The second-order valence-corrected chi connectivity index (χ2v) is 6.76. The van der Waals surface area contributed by atoms with Gasteiger partial charge in [-0.3, -0.25) is 9.69 Å². The molecule has 1 amide bonds. The molecular formula is C19H18BrFN4O2. The molecule has 0 bridgehead atoms. The largest absolute Gasteiger partial charge is 0.339 e. The lowest BCUT2D eigenvalue weighted by atomic mass is 10.2. The predicted molar refractivity (Wildman–Crippen MR) is 103 cm³/mol. The highest BCUT2D eigenvalue weighted by molar-refractivity contribution is 9.10. The molecule has 6 nitrogen and oxygen atoms in total. The quantitative estimate of drug-likeness (QED) is 0.552. The van der Waals surface area contributed by atoms with E-state index in [-0.39, 0.29) is 11.7 Å². The number of halogens is 2. The average Bonchev–Trinajstić information content (AvgIpc) is 3.13. The number of nitrogens with zero attached hydrogens (tertiary/aromatic N) is 4. The van der Waals surface area contributed by atoms with Gasteiger partial charge in [0.2, 0.25) is 17.6 Å². The third kappa shape index (κ3) is 4.97. The molecule has 0 aliphatic rings. The molecule has 0 aliphatic carbocycles. The molecule has 0 N–H and O–H groups in total. The fraction of sp³-hybridized carbons (Fsp3) is 0.263. The number of benzene rings is 1. The van der Waals surface area contributed by atoms with Crippen molar-refractivity contribution in [2.45, 2.75) is 26.2 Å². The Hall–Kier alpha value is -2.61. The van der Waals surface area contributed by atoms with E-state index >= 15 is 0 Å². The van der Waals surface area contributed by atoms with Crippen molar-refractivity contribution < 1.29 is 13.7 Å². The number of hydrogen-bond acceptors (Lipinski definition) is 5. The fourth-order valence-corrected chi connectivity index (χ4v) is 2.83. The normalized spacial score (nSPS) is 10.8. The highest BCUT2D eigenvalue weighted by Gasteiger charge is 2.16. The van der Waals surface area contributed by atoms with E-state index in [4.69, 9.17) is 4.52 Å². The molecule has 0 saturated heterocycles. The van der Waals surface area contributed by atoms with Crippen molar-refractivity contribution in [3.05, 3.63) is 58.8 Å². The molecule has 0 spiro atoms. The van der Waals surface area contributed by atoms with Crippen LogP contribution in [0.2, 0.25) is 0 Å². The van der Waals surface area contributed by atoms with Gasteiger partial charge in [0, 0.05) is 35.6 Å². The molecule has 3 aromatic rings. The summed E-state index contributed by atoms with van der Waals surface area (Å²) in [6, 6.07) is 9.54. The van der Waals surface area contributed by atoms with Gasteiger partial charge in [-0.05, 0) is 65.7 Å². The molecule has 0 aliphatic heterocycles. The molecule has 2 aromatic heterocycles. The van der Waals surface area contributed by atoms with Crippen molar-refractivity contribution in [2.24, 2.45) is 0 Å². The van der Waals surface area contributed by atoms with Gasteiger partial charge >= 0.3 is 0 Å². The molecule has 0 radical (unpaired) electrons. The van der Waals surface area contributed by atoms with Gasteiger partial charge in [-0.25, -0.2) is 9.37 Å². The summed E-state index contributed by atoms with van der Waals surface area (Å²) in [5, 5.41) is 3.90. The first kappa shape index (κ1) is 19.2. The lowest BCUT2D eigenvalue weighted by Gasteiger charge is -2.19. The third-order valence-electron chi connectivity index (χ3n) is 3.96. The minimum Gasteiger partial charge on any atom is -0.339 e. The van der Waals surface area contributed by atoms with Crippen molar-refractivity contribution in [3.63, 3.8) is 0 Å². The first-order valence-electron chi connectivity index (χ1n) is 8.57. The van der Waals surface area contributed by atoms with Gasteiger partial charge in [-0.2, -0.15) is 4.98 Å². The zero-order valence-electron chi connectivity index (χ0n) is 14.7. The topological polar surface area (TPSA) is 72.1 Å². The summed E-state index contributed by atoms with van der Waals surface area (Å²) in [7, 11) is 0. The van der Waals surface area contributed by atoms with E-state index < -0.39 is 0 Å². The van der Waals surface area contributed by atoms with E-state index in [1.807, 2.05) is 13.0 Å². The van der Waals surface area contributed by atoms with Crippen LogP contribution in [0.15, 0.2) is 51.6 Å². The zero-order valence-corrected chi connectivity index (χ0v) is 16.3. The molecule has 0 atom stereocenters. The highest BCUT2D eigenvalue weighted by atomic mass is 79.9. The zero-order chi connectivity index (χ0) is 19.2. The summed E-state index contributed by atoms with van der Waals surface area (Å²) < 4.78 is 19.1. The Morgan fingerprint density at radius 1 is 1.22 bits per heavy atom. The van der Waals surface area contributed by atoms with Crippen LogP contribution in [0.25, 0.3) is 11.4 Å². The number of anilines is 1. The Morgan fingerprint density at radius 2 is 2.00 bits per heavy atom. The molecule has 0 fully saturated rings. The lowest BCUT2D eigenvalue weighted by molar-refractivity contribution is -0.118. The van der Waals surface area contributed by atoms with Crippen LogP contribution in [0.4, 0.5) is 10.2 Å². The Labute approximate surface area is 164 Å². The van der Waals surface area contributed by atoms with Gasteiger partial charge < -0.3 is 4.52 Å². The molecule has 1 aromatic carbocycles. The van der Waals surface area contributed by atoms with Gasteiger partial charge in [0.25, 0.3) is 0 Å². The summed E-state index contributed by atoms with van der Waals surface area (Å²) in [6.45, 7) is 2.46. The smallest absolute Gasteiger partial charge is 0.228 e. The van der Waals surface area contributed by atoms with Crippen LogP contribution < -0.4 is 4.90 Å². The Bertz CT molecular complexity index is 897. The van der Waals surface area contributed by atoms with Crippen molar-refractivity contribution >= 4 is 27.7 Å². The van der Waals surface area contributed by atoms with Gasteiger partial charge in [0.15, 0.2) is 0 Å². The van der Waals surface area contributed by atoms with Gasteiger partial charge in [-0.1, -0.05) is 5.16 Å². The average molecular weight is 433 g/mol. The Kier molecular flexibility index (Phi) is 6.28. The number of hydrogen-bond donors (Lipinski definition) is 0. The lowest BCUT2D eigenvalue weighted by Crippen LogP contribution is -2.31. The van der Waals surface area contributed by atoms with Crippen LogP contribution in [-0.2, 0) is 11.2 Å². The molecule has 140 valence electrons. The molecule has 0 unspecified atom stereocenters. The Balaban J connectivity index is 1.55. The Morgan fingerprint density at radius 3 is 2.67 bits per heavy atom. The minimum atomic E-state index is -0.318. The number of carbonyl (C=O) groups excluding carboxylic acids is 1. The summed E-state index contributed by atoms with van der Waals surface area (Å²) in [4.78, 5) is 22.7. The number of aryl methyl sites for hydroxylation is 1. The second-order valence-electron chi connectivity index (χ2n) is 5.84. The first-order chi connectivity index (χ1) is 13.1. The maximum atomic E-state index is 13.0. The molecule has 0 saturated carbocycles. The van der Waals surface area contributed by atoms with E-state index in [0.717, 1.165) is 4.47 Å². The molecular weight excluding hydrogens is 415 g/mol. The number of carbonyl (C=O) groups is 1. The fourth-order valence-electron chi connectivity index (χ4n) is 2.59. The van der Waals surface area contributed by atoms with E-state index in [2.05, 4.69) is 31.1 Å². The molecule has 2 heterocycles. The van der Waals surface area contributed by atoms with Crippen molar-refractivity contribution in [1.82, 2.24) is 15.1 Å². The maximum absolute atomic E-state index is 13.0. The monoisotopic (exact) mass is 432 g/mol. The number of pyridine rings is 1. The van der Waals surface area contributed by atoms with E-state index in [1.165, 1.54) is 12.1 Å². The van der Waals surface area contributed by atoms with Crippen LogP contribution in [0, 0.1) is 5.82 Å². The molecule has 3 rings (SSSR count).